The van der Waals surface area contributed by atoms with Crippen LogP contribution in [0.1, 0.15) is 77.9 Å². The maximum Gasteiger partial charge on any atom is 0.435 e. The van der Waals surface area contributed by atoms with Crippen molar-refractivity contribution < 1.29 is 32.7 Å². The van der Waals surface area contributed by atoms with Gasteiger partial charge in [0, 0.05) is 43.7 Å². The van der Waals surface area contributed by atoms with Gasteiger partial charge < -0.3 is 20.3 Å². The van der Waals surface area contributed by atoms with Crippen molar-refractivity contribution in [3.63, 3.8) is 0 Å². The molecule has 42 heavy (non-hydrogen) atoms. The van der Waals surface area contributed by atoms with Gasteiger partial charge in [-0.1, -0.05) is 44.9 Å². The van der Waals surface area contributed by atoms with Crippen LogP contribution < -0.4 is 5.73 Å². The molecule has 1 aliphatic rings. The number of hydrogen-bond acceptors (Lipinski definition) is 6. The number of para-hydroxylation sites is 1. The van der Waals surface area contributed by atoms with Crippen LogP contribution in [0.4, 0.5) is 18.0 Å². The van der Waals surface area contributed by atoms with E-state index in [1.165, 1.54) is 0 Å². The summed E-state index contributed by atoms with van der Waals surface area (Å²) in [5.41, 5.74) is 6.27. The molecule has 3 N–H and O–H groups in total. The van der Waals surface area contributed by atoms with Crippen LogP contribution in [0.15, 0.2) is 30.5 Å². The van der Waals surface area contributed by atoms with Gasteiger partial charge in [0.25, 0.3) is 0 Å². The quantitative estimate of drug-likeness (QED) is 0.332. The topological polar surface area (TPSA) is 122 Å². The van der Waals surface area contributed by atoms with Crippen molar-refractivity contribution in [1.29, 1.82) is 0 Å². The molecule has 3 heterocycles. The molecule has 1 aliphatic heterocycles. The van der Waals surface area contributed by atoms with Crippen molar-refractivity contribution in [3.8, 4) is 0 Å². The smallest absolute Gasteiger partial charge is 0.435 e. The van der Waals surface area contributed by atoms with Crippen molar-refractivity contribution in [2.24, 2.45) is 18.7 Å². The van der Waals surface area contributed by atoms with Crippen LogP contribution in [-0.2, 0) is 24.4 Å². The summed E-state index contributed by atoms with van der Waals surface area (Å²) >= 11 is 0.331. The molecule has 0 unspecified atom stereocenters. The third-order valence-electron chi connectivity index (χ3n) is 7.46. The standard InChI is InChI=1S/C29H36F3N5O4S/c1-17(2)14-20(33)26(38)37(28(41)36-12-8-4-5-9-13-36)22(15-18-16-35(3)21-11-7-6-10-19(18)21)25-34-24(29(30,31)32)23(42-25)27(39)40/h6-7,10-11,16-17,20,22H,4-5,8-9,12-15,33H2,1-3H3,(H,39,40)/t20-,22+/m0/s1. The van der Waals surface area contributed by atoms with Gasteiger partial charge in [-0.05, 0) is 36.8 Å². The Morgan fingerprint density at radius 3 is 2.33 bits per heavy atom. The second-order valence-electron chi connectivity index (χ2n) is 11.2. The van der Waals surface area contributed by atoms with E-state index in [1.807, 2.05) is 49.7 Å². The lowest BCUT2D eigenvalue weighted by molar-refractivity contribution is -0.141. The van der Waals surface area contributed by atoms with Gasteiger partial charge in [-0.15, -0.1) is 11.3 Å². The summed E-state index contributed by atoms with van der Waals surface area (Å²) < 4.78 is 43.7. The minimum absolute atomic E-state index is 0.00548. The van der Waals surface area contributed by atoms with E-state index in [0.29, 0.717) is 30.0 Å². The normalized spacial score (nSPS) is 16.0. The zero-order valence-electron chi connectivity index (χ0n) is 23.9. The minimum atomic E-state index is -5.05. The van der Waals surface area contributed by atoms with Gasteiger partial charge in [0.05, 0.1) is 12.1 Å². The number of carbonyl (C=O) groups is 3. The van der Waals surface area contributed by atoms with Crippen molar-refractivity contribution in [3.05, 3.63) is 51.6 Å². The number of hydrogen-bond donors (Lipinski definition) is 2. The van der Waals surface area contributed by atoms with Crippen LogP contribution in [-0.4, -0.2) is 61.5 Å². The van der Waals surface area contributed by atoms with E-state index in [2.05, 4.69) is 4.98 Å². The van der Waals surface area contributed by atoms with Gasteiger partial charge in [0.1, 0.15) is 9.88 Å². The third kappa shape index (κ3) is 6.78. The van der Waals surface area contributed by atoms with Crippen LogP contribution in [0.25, 0.3) is 10.9 Å². The molecule has 0 bridgehead atoms. The molecular formula is C29H36F3N5O4S. The summed E-state index contributed by atoms with van der Waals surface area (Å²) in [4.78, 5) is 45.4. The number of halogens is 3. The lowest BCUT2D eigenvalue weighted by Gasteiger charge is -2.35. The Bertz CT molecular complexity index is 1440. The summed E-state index contributed by atoms with van der Waals surface area (Å²) in [5.74, 6) is -2.52. The molecule has 1 saturated heterocycles. The zero-order valence-corrected chi connectivity index (χ0v) is 24.7. The lowest BCUT2D eigenvalue weighted by atomic mass is 10.0. The largest absolute Gasteiger partial charge is 0.477 e. The van der Waals surface area contributed by atoms with Gasteiger partial charge in [0.2, 0.25) is 5.91 Å². The summed E-state index contributed by atoms with van der Waals surface area (Å²) in [5, 5.41) is 10.1. The lowest BCUT2D eigenvalue weighted by Crippen LogP contribution is -2.54. The number of alkyl halides is 3. The van der Waals surface area contributed by atoms with Crippen LogP contribution in [0.2, 0.25) is 0 Å². The first-order chi connectivity index (χ1) is 19.8. The fourth-order valence-corrected chi connectivity index (χ4v) is 6.50. The number of likely N-dealkylation sites (tertiary alicyclic amines) is 1. The number of fused-ring (bicyclic) bond motifs is 1. The average Bonchev–Trinajstić information content (AvgIpc) is 3.39. The molecule has 3 aromatic rings. The van der Waals surface area contributed by atoms with Crippen LogP contribution >= 0.6 is 11.3 Å². The highest BCUT2D eigenvalue weighted by molar-refractivity contribution is 7.13. The molecule has 0 spiro atoms. The number of urea groups is 1. The SMILES string of the molecule is CC(C)C[C@H](N)C(=O)N(C(=O)N1CCCCCC1)[C@H](Cc1cn(C)c2ccccc12)c1nc(C(F)(F)F)c(C(=O)O)s1. The van der Waals surface area contributed by atoms with Crippen LogP contribution in [0.3, 0.4) is 0 Å². The monoisotopic (exact) mass is 607 g/mol. The maximum atomic E-state index is 14.2. The third-order valence-corrected chi connectivity index (χ3v) is 8.60. The first-order valence-electron chi connectivity index (χ1n) is 14.0. The summed E-state index contributed by atoms with van der Waals surface area (Å²) in [7, 11) is 1.82. The molecule has 4 rings (SSSR count). The van der Waals surface area contributed by atoms with E-state index in [1.54, 1.807) is 11.1 Å². The highest BCUT2D eigenvalue weighted by Crippen LogP contribution is 2.40. The molecule has 0 radical (unpaired) electrons. The number of nitrogens with zero attached hydrogens (tertiary/aromatic N) is 4. The molecule has 0 saturated carbocycles. The predicted octanol–water partition coefficient (Wildman–Crippen LogP) is 5.83. The summed E-state index contributed by atoms with van der Waals surface area (Å²) in [6.07, 6.45) is 0.170. The molecule has 9 nitrogen and oxygen atoms in total. The second kappa shape index (κ2) is 12.8. The summed E-state index contributed by atoms with van der Waals surface area (Å²) in [6.45, 7) is 4.51. The Morgan fingerprint density at radius 2 is 1.76 bits per heavy atom. The number of aromatic nitrogens is 2. The highest BCUT2D eigenvalue weighted by Gasteiger charge is 2.44. The number of amides is 3. The minimum Gasteiger partial charge on any atom is -0.477 e. The Morgan fingerprint density at radius 1 is 1.12 bits per heavy atom. The Labute approximate surface area is 246 Å². The predicted molar refractivity (Wildman–Crippen MR) is 153 cm³/mol. The Kier molecular flexibility index (Phi) is 9.61. The number of aromatic carboxylic acids is 1. The highest BCUT2D eigenvalue weighted by atomic mass is 32.1. The fraction of sp³-hybridized carbons (Fsp3) is 0.517. The van der Waals surface area contributed by atoms with E-state index >= 15 is 0 Å². The molecule has 228 valence electrons. The van der Waals surface area contributed by atoms with E-state index < -0.39 is 46.7 Å². The number of carbonyl (C=O) groups excluding carboxylic acids is 2. The van der Waals surface area contributed by atoms with E-state index in [9.17, 15) is 32.7 Å². The van der Waals surface area contributed by atoms with Crippen LogP contribution in [0.5, 0.6) is 0 Å². The van der Waals surface area contributed by atoms with Gasteiger partial charge in [-0.25, -0.2) is 14.6 Å². The first-order valence-corrected chi connectivity index (χ1v) is 14.8. The Balaban J connectivity index is 1.92. The number of carboxylic acids is 1. The molecule has 2 atom stereocenters. The second-order valence-corrected chi connectivity index (χ2v) is 12.2. The number of thiazole rings is 1. The number of carboxylic acid groups (broad SMARTS) is 1. The van der Waals surface area contributed by atoms with E-state index in [0.717, 1.165) is 41.5 Å². The molecule has 2 aromatic heterocycles. The fourth-order valence-electron chi connectivity index (χ4n) is 5.48. The average molecular weight is 608 g/mol. The number of nitrogens with two attached hydrogens (primary N) is 1. The van der Waals surface area contributed by atoms with Gasteiger partial charge in [-0.3, -0.25) is 9.69 Å². The molecule has 13 heteroatoms. The number of rotatable bonds is 8. The van der Waals surface area contributed by atoms with Gasteiger partial charge in [-0.2, -0.15) is 13.2 Å². The van der Waals surface area contributed by atoms with Crippen molar-refractivity contribution in [2.45, 2.75) is 70.6 Å². The van der Waals surface area contributed by atoms with Gasteiger partial charge in [0.15, 0.2) is 5.69 Å². The van der Waals surface area contributed by atoms with Crippen molar-refractivity contribution in [1.82, 2.24) is 19.4 Å². The molecule has 1 aromatic carbocycles. The maximum absolute atomic E-state index is 14.2. The van der Waals surface area contributed by atoms with Gasteiger partial charge >= 0.3 is 18.2 Å². The number of benzene rings is 1. The molecule has 3 amide bonds. The van der Waals surface area contributed by atoms with Crippen molar-refractivity contribution >= 4 is 40.1 Å². The number of imide groups is 1. The van der Waals surface area contributed by atoms with Crippen molar-refractivity contribution in [2.75, 3.05) is 13.1 Å². The molecule has 1 fully saturated rings. The first kappa shape index (κ1) is 31.5. The van der Waals surface area contributed by atoms with Crippen LogP contribution in [0, 0.1) is 5.92 Å². The molecular weight excluding hydrogens is 571 g/mol. The van der Waals surface area contributed by atoms with E-state index in [4.69, 9.17) is 5.73 Å². The van der Waals surface area contributed by atoms with E-state index in [-0.39, 0.29) is 23.8 Å². The zero-order chi connectivity index (χ0) is 30.8. The number of aryl methyl sites for hydroxylation is 1. The Hall–Kier alpha value is -3.45. The molecule has 0 aliphatic carbocycles. The summed E-state index contributed by atoms with van der Waals surface area (Å²) in [6, 6.07) is 4.31.